The van der Waals surface area contributed by atoms with Gasteiger partial charge in [0.15, 0.2) is 5.13 Å². The minimum Gasteiger partial charge on any atom is -0.337 e. The van der Waals surface area contributed by atoms with Gasteiger partial charge in [0.05, 0.1) is 16.2 Å². The Bertz CT molecular complexity index is 937. The maximum Gasteiger partial charge on any atom is 0.257 e. The fourth-order valence-electron chi connectivity index (χ4n) is 2.41. The Morgan fingerprint density at radius 1 is 1.30 bits per heavy atom. The third kappa shape index (κ3) is 5.18. The molecule has 0 unspecified atom stereocenters. The van der Waals surface area contributed by atoms with E-state index in [0.717, 1.165) is 9.90 Å². The summed E-state index contributed by atoms with van der Waals surface area (Å²) in [5.74, 6) is -0.382. The summed E-state index contributed by atoms with van der Waals surface area (Å²) < 4.78 is 2.91. The second kappa shape index (κ2) is 8.83. The smallest absolute Gasteiger partial charge is 0.257 e. The van der Waals surface area contributed by atoms with Crippen molar-refractivity contribution in [3.05, 3.63) is 54.2 Å². The molecule has 3 aromatic rings. The summed E-state index contributed by atoms with van der Waals surface area (Å²) >= 11 is 3.05. The van der Waals surface area contributed by atoms with Crippen molar-refractivity contribution in [3.63, 3.8) is 0 Å². The van der Waals surface area contributed by atoms with Gasteiger partial charge in [-0.1, -0.05) is 17.4 Å². The number of thiazole rings is 1. The summed E-state index contributed by atoms with van der Waals surface area (Å²) in [5.41, 5.74) is 1.95. The Balaban J connectivity index is 1.60. The van der Waals surface area contributed by atoms with Crippen LogP contribution in [0, 0.1) is 6.92 Å². The maximum absolute atomic E-state index is 12.5. The summed E-state index contributed by atoms with van der Waals surface area (Å²) in [7, 11) is 0. The number of anilines is 2. The lowest BCUT2D eigenvalue weighted by Crippen LogP contribution is -2.15. The number of carbonyl (C=O) groups is 2. The molecule has 0 saturated heterocycles. The first-order chi connectivity index (χ1) is 13.0. The zero-order valence-electron chi connectivity index (χ0n) is 14.9. The van der Waals surface area contributed by atoms with Crippen LogP contribution >= 0.6 is 23.1 Å². The van der Waals surface area contributed by atoms with Gasteiger partial charge in [-0.3, -0.25) is 14.9 Å². The van der Waals surface area contributed by atoms with Crippen LogP contribution in [-0.2, 0) is 11.3 Å². The largest absolute Gasteiger partial charge is 0.337 e. The van der Waals surface area contributed by atoms with Crippen LogP contribution in [0.25, 0.3) is 0 Å². The lowest BCUT2D eigenvalue weighted by atomic mass is 10.2. The molecule has 2 heterocycles. The van der Waals surface area contributed by atoms with Gasteiger partial charge in [0.25, 0.3) is 5.91 Å². The number of benzene rings is 1. The van der Waals surface area contributed by atoms with Gasteiger partial charge in [-0.05, 0) is 31.4 Å². The number of carbonyl (C=O) groups excluding carboxylic acids is 2. The van der Waals surface area contributed by atoms with E-state index < -0.39 is 0 Å². The van der Waals surface area contributed by atoms with Crippen LogP contribution in [0.1, 0.15) is 22.5 Å². The standard InChI is InChI=1S/C18H19N5O2S2/c1-12-17(26-2)27-18(20-12)22-16(25)13-4-3-5-14(10-13)21-15(24)6-8-23-9-7-19-11-23/h3-5,7,9-11H,6,8H2,1-2H3,(H,21,24)(H,20,22,25). The van der Waals surface area contributed by atoms with Crippen molar-refractivity contribution in [2.24, 2.45) is 0 Å². The van der Waals surface area contributed by atoms with E-state index in [2.05, 4.69) is 20.6 Å². The highest BCUT2D eigenvalue weighted by Crippen LogP contribution is 2.30. The number of hydrogen-bond acceptors (Lipinski definition) is 6. The number of hydrogen-bond donors (Lipinski definition) is 2. The minimum atomic E-state index is -0.258. The molecule has 1 aromatic carbocycles. The topological polar surface area (TPSA) is 88.9 Å². The zero-order valence-corrected chi connectivity index (χ0v) is 16.6. The summed E-state index contributed by atoms with van der Waals surface area (Å²) in [5, 5.41) is 6.19. The monoisotopic (exact) mass is 401 g/mol. The molecule has 2 N–H and O–H groups in total. The SMILES string of the molecule is CSc1sc(NC(=O)c2cccc(NC(=O)CCn3ccnc3)c2)nc1C. The zero-order chi connectivity index (χ0) is 19.2. The first-order valence-electron chi connectivity index (χ1n) is 8.23. The lowest BCUT2D eigenvalue weighted by Gasteiger charge is -2.08. The number of rotatable bonds is 7. The average molecular weight is 402 g/mol. The minimum absolute atomic E-state index is 0.124. The quantitative estimate of drug-likeness (QED) is 0.590. The third-order valence-corrected chi connectivity index (χ3v) is 6.01. The van der Waals surface area contributed by atoms with Crippen molar-refractivity contribution in [3.8, 4) is 0 Å². The van der Waals surface area contributed by atoms with Crippen molar-refractivity contribution >= 4 is 45.7 Å². The van der Waals surface area contributed by atoms with E-state index in [-0.39, 0.29) is 11.8 Å². The van der Waals surface area contributed by atoms with Crippen molar-refractivity contribution < 1.29 is 9.59 Å². The number of nitrogens with one attached hydrogen (secondary N) is 2. The van der Waals surface area contributed by atoms with Crippen molar-refractivity contribution in [1.82, 2.24) is 14.5 Å². The molecule has 0 radical (unpaired) electrons. The van der Waals surface area contributed by atoms with Gasteiger partial charge in [0, 0.05) is 36.6 Å². The molecule has 9 heteroatoms. The molecule has 3 rings (SSSR count). The second-order valence-electron chi connectivity index (χ2n) is 5.73. The molecule has 0 spiro atoms. The molecule has 0 aliphatic carbocycles. The van der Waals surface area contributed by atoms with Gasteiger partial charge < -0.3 is 9.88 Å². The number of amides is 2. The van der Waals surface area contributed by atoms with Crippen LogP contribution in [0.3, 0.4) is 0 Å². The Kier molecular flexibility index (Phi) is 6.25. The molecule has 2 amide bonds. The number of aryl methyl sites for hydroxylation is 2. The molecule has 27 heavy (non-hydrogen) atoms. The maximum atomic E-state index is 12.5. The molecule has 0 fully saturated rings. The van der Waals surface area contributed by atoms with E-state index in [0.29, 0.717) is 29.3 Å². The first-order valence-corrected chi connectivity index (χ1v) is 10.3. The summed E-state index contributed by atoms with van der Waals surface area (Å²) in [6.07, 6.45) is 7.45. The average Bonchev–Trinajstić information content (AvgIpc) is 3.29. The molecule has 2 aromatic heterocycles. The Morgan fingerprint density at radius 2 is 2.15 bits per heavy atom. The van der Waals surface area contributed by atoms with E-state index in [9.17, 15) is 9.59 Å². The Morgan fingerprint density at radius 3 is 2.85 bits per heavy atom. The van der Waals surface area contributed by atoms with Crippen LogP contribution < -0.4 is 10.6 Å². The highest BCUT2D eigenvalue weighted by Gasteiger charge is 2.12. The summed E-state index contributed by atoms with van der Waals surface area (Å²) in [6.45, 7) is 2.46. The molecule has 0 bridgehead atoms. The van der Waals surface area contributed by atoms with E-state index >= 15 is 0 Å². The Labute approximate surface area is 165 Å². The molecule has 0 saturated carbocycles. The second-order valence-corrected chi connectivity index (χ2v) is 7.80. The van der Waals surface area contributed by atoms with Crippen molar-refractivity contribution in [2.75, 3.05) is 16.9 Å². The van der Waals surface area contributed by atoms with Crippen LogP contribution in [-0.4, -0.2) is 32.6 Å². The van der Waals surface area contributed by atoms with Gasteiger partial charge in [0.2, 0.25) is 5.91 Å². The van der Waals surface area contributed by atoms with Crippen LogP contribution in [0.2, 0.25) is 0 Å². The normalized spacial score (nSPS) is 10.6. The van der Waals surface area contributed by atoms with Gasteiger partial charge in [-0.15, -0.1) is 11.8 Å². The highest BCUT2D eigenvalue weighted by molar-refractivity contribution is 8.00. The van der Waals surface area contributed by atoms with Gasteiger partial charge in [0.1, 0.15) is 0 Å². The summed E-state index contributed by atoms with van der Waals surface area (Å²) in [4.78, 5) is 32.9. The van der Waals surface area contributed by atoms with Crippen LogP contribution in [0.4, 0.5) is 10.8 Å². The third-order valence-electron chi connectivity index (χ3n) is 3.72. The fraction of sp³-hybridized carbons (Fsp3) is 0.222. The predicted molar refractivity (Wildman–Crippen MR) is 109 cm³/mol. The van der Waals surface area contributed by atoms with E-state index in [1.807, 2.05) is 17.7 Å². The molecule has 0 aliphatic heterocycles. The molecular formula is C18H19N5O2S2. The van der Waals surface area contributed by atoms with Gasteiger partial charge in [-0.2, -0.15) is 0 Å². The first kappa shape index (κ1) is 19.1. The molecular weight excluding hydrogens is 382 g/mol. The lowest BCUT2D eigenvalue weighted by molar-refractivity contribution is -0.116. The molecule has 7 nitrogen and oxygen atoms in total. The van der Waals surface area contributed by atoms with Crippen molar-refractivity contribution in [1.29, 1.82) is 0 Å². The number of thioether (sulfide) groups is 1. The Hall–Kier alpha value is -2.65. The number of imidazole rings is 1. The molecule has 0 atom stereocenters. The van der Waals surface area contributed by atoms with Gasteiger partial charge in [-0.25, -0.2) is 9.97 Å². The van der Waals surface area contributed by atoms with Crippen molar-refractivity contribution in [2.45, 2.75) is 24.1 Å². The van der Waals surface area contributed by atoms with Crippen LogP contribution in [0.15, 0.2) is 47.2 Å². The summed E-state index contributed by atoms with van der Waals surface area (Å²) in [6, 6.07) is 6.85. The van der Waals surface area contributed by atoms with E-state index in [1.54, 1.807) is 54.7 Å². The van der Waals surface area contributed by atoms with E-state index in [4.69, 9.17) is 0 Å². The number of aromatic nitrogens is 3. The predicted octanol–water partition coefficient (Wildman–Crippen LogP) is 3.65. The highest BCUT2D eigenvalue weighted by atomic mass is 32.2. The van der Waals surface area contributed by atoms with Gasteiger partial charge >= 0.3 is 0 Å². The molecule has 0 aliphatic rings. The number of nitrogens with zero attached hydrogens (tertiary/aromatic N) is 3. The van der Waals surface area contributed by atoms with E-state index in [1.165, 1.54) is 11.3 Å². The fourth-order valence-corrected chi connectivity index (χ4v) is 4.01. The van der Waals surface area contributed by atoms with Crippen LogP contribution in [0.5, 0.6) is 0 Å². The molecule has 140 valence electrons.